The maximum absolute atomic E-state index is 14.0. The van der Waals surface area contributed by atoms with Crippen molar-refractivity contribution in [2.24, 2.45) is 22.7 Å². The summed E-state index contributed by atoms with van der Waals surface area (Å²) in [6, 6.07) is 13.0. The molecular weight excluding hydrogens is 679 g/mol. The summed E-state index contributed by atoms with van der Waals surface area (Å²) in [7, 11) is -2.42. The van der Waals surface area contributed by atoms with Gasteiger partial charge in [0.05, 0.1) is 35.5 Å². The number of carbonyl (C=O) groups excluding carboxylic acids is 2. The van der Waals surface area contributed by atoms with Crippen LogP contribution >= 0.6 is 11.3 Å². The number of rotatable bonds is 18. The highest BCUT2D eigenvalue weighted by Crippen LogP contribution is 2.30. The standard InChI is InChI=1S/C35H49N7O6S2/c1-4-24(2)33(40-35(45)41(3)21-28-23-49-32(18-36)38-28)34(44)39-30(17-25-9-6-5-7-10-25)31(43)22-42(20-27-11-8-12-27)50(47,48)29-15-13-26(14-16-29)19-37-46/h5-7,9-10,13-16,19,23-24,27,30-31,33,43,46H,4,8,11-12,17-18,20-22,36H2,1-3H3,(H,39,44)(H,40,45)/t24-,30-,31+,33-/m0/s1. The fourth-order valence-electron chi connectivity index (χ4n) is 5.71. The molecule has 0 saturated heterocycles. The van der Waals surface area contributed by atoms with Crippen molar-refractivity contribution >= 4 is 39.5 Å². The van der Waals surface area contributed by atoms with E-state index < -0.39 is 40.1 Å². The topological polar surface area (TPSA) is 191 Å². The molecule has 13 nitrogen and oxygen atoms in total. The van der Waals surface area contributed by atoms with Crippen molar-refractivity contribution in [2.75, 3.05) is 20.1 Å². The van der Waals surface area contributed by atoms with Gasteiger partial charge in [-0.3, -0.25) is 4.79 Å². The molecule has 4 atom stereocenters. The van der Waals surface area contributed by atoms with Crippen LogP contribution in [-0.4, -0.2) is 89.4 Å². The van der Waals surface area contributed by atoms with E-state index >= 15 is 0 Å². The molecule has 0 spiro atoms. The monoisotopic (exact) mass is 727 g/mol. The zero-order valence-corrected chi connectivity index (χ0v) is 30.4. The normalized spacial score (nSPS) is 16.0. The van der Waals surface area contributed by atoms with Crippen molar-refractivity contribution < 1.29 is 28.3 Å². The minimum Gasteiger partial charge on any atom is -0.411 e. The number of aromatic nitrogens is 1. The van der Waals surface area contributed by atoms with Gasteiger partial charge in [0.1, 0.15) is 11.0 Å². The van der Waals surface area contributed by atoms with E-state index in [1.807, 2.05) is 49.6 Å². The Kier molecular flexibility index (Phi) is 14.3. The Balaban J connectivity index is 1.55. The second-order valence-electron chi connectivity index (χ2n) is 12.9. The number of hydrogen-bond donors (Lipinski definition) is 5. The van der Waals surface area contributed by atoms with Crippen molar-refractivity contribution in [1.82, 2.24) is 24.8 Å². The first-order chi connectivity index (χ1) is 23.9. The van der Waals surface area contributed by atoms with Gasteiger partial charge < -0.3 is 31.6 Å². The van der Waals surface area contributed by atoms with E-state index in [1.54, 1.807) is 7.05 Å². The first kappa shape index (κ1) is 38.9. The molecule has 1 aliphatic rings. The number of amides is 3. The van der Waals surface area contributed by atoms with Crippen molar-refractivity contribution in [3.05, 3.63) is 81.8 Å². The smallest absolute Gasteiger partial charge is 0.318 e. The molecule has 0 radical (unpaired) electrons. The van der Waals surface area contributed by atoms with Crippen LogP contribution in [0.25, 0.3) is 0 Å². The summed E-state index contributed by atoms with van der Waals surface area (Å²) in [5.41, 5.74) is 7.74. The summed E-state index contributed by atoms with van der Waals surface area (Å²) >= 11 is 1.42. The number of urea groups is 1. The molecule has 272 valence electrons. The summed E-state index contributed by atoms with van der Waals surface area (Å²) in [5.74, 6) is -0.567. The summed E-state index contributed by atoms with van der Waals surface area (Å²) in [6.45, 7) is 4.31. The van der Waals surface area contributed by atoms with Crippen LogP contribution in [0.3, 0.4) is 0 Å². The van der Waals surface area contributed by atoms with Crippen molar-refractivity contribution in [3.8, 4) is 0 Å². The van der Waals surface area contributed by atoms with Crippen LogP contribution in [-0.2, 0) is 34.3 Å². The summed E-state index contributed by atoms with van der Waals surface area (Å²) in [4.78, 5) is 33.2. The van der Waals surface area contributed by atoms with Crippen LogP contribution in [0.15, 0.2) is 70.0 Å². The van der Waals surface area contributed by atoms with Crippen molar-refractivity contribution in [1.29, 1.82) is 0 Å². The number of nitrogens with one attached hydrogen (secondary N) is 2. The second kappa shape index (κ2) is 18.4. The van der Waals surface area contributed by atoms with Gasteiger partial charge in [0, 0.05) is 32.1 Å². The van der Waals surface area contributed by atoms with Crippen LogP contribution in [0.2, 0.25) is 0 Å². The number of carbonyl (C=O) groups is 2. The van der Waals surface area contributed by atoms with E-state index in [1.165, 1.54) is 51.0 Å². The second-order valence-corrected chi connectivity index (χ2v) is 15.8. The number of nitrogens with two attached hydrogens (primary N) is 1. The fourth-order valence-corrected chi connectivity index (χ4v) is 7.91. The Morgan fingerprint density at radius 3 is 2.42 bits per heavy atom. The number of hydrogen-bond acceptors (Lipinski definition) is 10. The first-order valence-electron chi connectivity index (χ1n) is 16.9. The molecule has 50 heavy (non-hydrogen) atoms. The Hall–Kier alpha value is -3.89. The Bertz CT molecular complexity index is 1670. The number of sulfonamides is 1. The SMILES string of the molecule is CC[C@H](C)[C@H](NC(=O)N(C)Cc1csc(CN)n1)C(=O)N[C@@H](Cc1ccccc1)[C@H](O)CN(CC1CCC1)S(=O)(=O)c1ccc(C=NO)cc1. The molecule has 4 rings (SSSR count). The highest BCUT2D eigenvalue weighted by molar-refractivity contribution is 7.89. The van der Waals surface area contributed by atoms with Gasteiger partial charge in [-0.05, 0) is 54.4 Å². The number of aliphatic hydroxyl groups excluding tert-OH is 1. The molecule has 0 unspecified atom stereocenters. The van der Waals surface area contributed by atoms with Crippen LogP contribution in [0.5, 0.6) is 0 Å². The molecule has 1 saturated carbocycles. The molecule has 3 aromatic rings. The molecule has 15 heteroatoms. The van der Waals surface area contributed by atoms with Gasteiger partial charge in [0.2, 0.25) is 15.9 Å². The number of oxime groups is 1. The average molecular weight is 728 g/mol. The molecule has 1 heterocycles. The summed E-state index contributed by atoms with van der Waals surface area (Å²) in [6.07, 6.45) is 3.53. The van der Waals surface area contributed by atoms with Crippen LogP contribution in [0, 0.1) is 11.8 Å². The largest absolute Gasteiger partial charge is 0.411 e. The van der Waals surface area contributed by atoms with E-state index in [2.05, 4.69) is 20.8 Å². The van der Waals surface area contributed by atoms with Crippen LogP contribution < -0.4 is 16.4 Å². The quantitative estimate of drug-likeness (QED) is 0.0747. The third kappa shape index (κ3) is 10.6. The molecule has 1 fully saturated rings. The Morgan fingerprint density at radius 1 is 1.14 bits per heavy atom. The molecule has 6 N–H and O–H groups in total. The van der Waals surface area contributed by atoms with Gasteiger partial charge in [0.25, 0.3) is 0 Å². The average Bonchev–Trinajstić information content (AvgIpc) is 3.55. The maximum atomic E-state index is 14.0. The predicted molar refractivity (Wildman–Crippen MR) is 193 cm³/mol. The minimum absolute atomic E-state index is 0.0447. The van der Waals surface area contributed by atoms with E-state index in [0.717, 1.165) is 29.8 Å². The zero-order chi connectivity index (χ0) is 36.3. The van der Waals surface area contributed by atoms with E-state index in [0.29, 0.717) is 24.2 Å². The van der Waals surface area contributed by atoms with Gasteiger partial charge in [-0.25, -0.2) is 18.2 Å². The van der Waals surface area contributed by atoms with E-state index in [9.17, 15) is 23.1 Å². The van der Waals surface area contributed by atoms with Gasteiger partial charge in [-0.2, -0.15) is 4.31 Å². The zero-order valence-electron chi connectivity index (χ0n) is 28.8. The third-order valence-electron chi connectivity index (χ3n) is 9.19. The highest BCUT2D eigenvalue weighted by atomic mass is 32.2. The molecule has 0 bridgehead atoms. The molecule has 1 aliphatic carbocycles. The molecule has 2 aromatic carbocycles. The third-order valence-corrected chi connectivity index (χ3v) is 12.0. The lowest BCUT2D eigenvalue weighted by atomic mass is 9.85. The van der Waals surface area contributed by atoms with Gasteiger partial charge in [-0.15, -0.1) is 11.3 Å². The number of aliphatic hydroxyl groups is 1. The number of benzene rings is 2. The highest BCUT2D eigenvalue weighted by Gasteiger charge is 2.35. The lowest BCUT2D eigenvalue weighted by molar-refractivity contribution is -0.125. The van der Waals surface area contributed by atoms with Gasteiger partial charge in [0.15, 0.2) is 0 Å². The molecular formula is C35H49N7O6S2. The number of thiazole rings is 1. The van der Waals surface area contributed by atoms with Crippen LogP contribution in [0.4, 0.5) is 4.79 Å². The fraction of sp³-hybridized carbons (Fsp3) is 0.486. The van der Waals surface area contributed by atoms with Gasteiger partial charge >= 0.3 is 6.03 Å². The van der Waals surface area contributed by atoms with Crippen LogP contribution in [0.1, 0.15) is 61.4 Å². The Labute approximate surface area is 298 Å². The minimum atomic E-state index is -4.04. The number of nitrogens with zero attached hydrogens (tertiary/aromatic N) is 4. The lowest BCUT2D eigenvalue weighted by Crippen LogP contribution is -2.58. The molecule has 3 amide bonds. The summed E-state index contributed by atoms with van der Waals surface area (Å²) < 4.78 is 29.2. The lowest BCUT2D eigenvalue weighted by Gasteiger charge is -2.35. The van der Waals surface area contributed by atoms with Crippen molar-refractivity contribution in [3.63, 3.8) is 0 Å². The maximum Gasteiger partial charge on any atom is 0.318 e. The van der Waals surface area contributed by atoms with E-state index in [4.69, 9.17) is 10.9 Å². The van der Waals surface area contributed by atoms with Gasteiger partial charge in [-0.1, -0.05) is 74.3 Å². The van der Waals surface area contributed by atoms with E-state index in [-0.39, 0.29) is 42.8 Å². The first-order valence-corrected chi connectivity index (χ1v) is 19.2. The Morgan fingerprint density at radius 2 is 1.84 bits per heavy atom. The molecule has 0 aliphatic heterocycles. The van der Waals surface area contributed by atoms with Crippen molar-refractivity contribution in [2.45, 2.75) is 82.1 Å². The predicted octanol–water partition coefficient (Wildman–Crippen LogP) is 3.55. The summed E-state index contributed by atoms with van der Waals surface area (Å²) in [5, 5.41) is 32.1. The molecule has 1 aromatic heterocycles.